The number of carboxylic acid groups (broad SMARTS) is 1. The third-order valence-corrected chi connectivity index (χ3v) is 3.91. The zero-order valence-electron chi connectivity index (χ0n) is 10.9. The lowest BCUT2D eigenvalue weighted by molar-refractivity contribution is 0.0696. The first-order chi connectivity index (χ1) is 8.66. The molecular weight excluding hydrogens is 226 g/mol. The van der Waals surface area contributed by atoms with Gasteiger partial charge in [-0.25, -0.2) is 4.79 Å². The number of benzene rings is 1. The highest BCUT2D eigenvalue weighted by atomic mass is 16.4. The van der Waals surface area contributed by atoms with Crippen LogP contribution in [0.25, 0.3) is 0 Å². The molecule has 0 radical (unpaired) electrons. The largest absolute Gasteiger partial charge is 0.478 e. The van der Waals surface area contributed by atoms with Crippen molar-refractivity contribution in [3.05, 3.63) is 35.4 Å². The van der Waals surface area contributed by atoms with E-state index in [0.717, 1.165) is 18.0 Å². The Balaban J connectivity index is 1.89. The molecule has 3 nitrogen and oxygen atoms in total. The molecule has 2 N–H and O–H groups in total. The molecule has 1 aromatic carbocycles. The van der Waals surface area contributed by atoms with Crippen LogP contribution < -0.4 is 5.32 Å². The number of nitrogens with one attached hydrogen (secondary N) is 1. The number of aromatic carboxylic acids is 1. The van der Waals surface area contributed by atoms with Gasteiger partial charge in [0, 0.05) is 12.6 Å². The average molecular weight is 247 g/mol. The predicted octanol–water partition coefficient (Wildman–Crippen LogP) is 3.05. The molecule has 0 unspecified atom stereocenters. The van der Waals surface area contributed by atoms with E-state index in [1.807, 2.05) is 6.07 Å². The fraction of sp³-hybridized carbons (Fsp3) is 0.533. The van der Waals surface area contributed by atoms with Crippen LogP contribution in [-0.2, 0) is 6.54 Å². The van der Waals surface area contributed by atoms with Gasteiger partial charge in [-0.15, -0.1) is 0 Å². The Bertz CT molecular complexity index is 411. The van der Waals surface area contributed by atoms with E-state index in [1.54, 1.807) is 18.2 Å². The lowest BCUT2D eigenvalue weighted by Gasteiger charge is -2.20. The van der Waals surface area contributed by atoms with E-state index in [1.165, 1.54) is 25.7 Å². The highest BCUT2D eigenvalue weighted by molar-refractivity contribution is 5.87. The first-order valence-electron chi connectivity index (χ1n) is 6.72. The van der Waals surface area contributed by atoms with Gasteiger partial charge in [-0.05, 0) is 43.4 Å². The molecule has 3 heteroatoms. The van der Waals surface area contributed by atoms with Crippen molar-refractivity contribution in [2.24, 2.45) is 5.92 Å². The van der Waals surface area contributed by atoms with E-state index in [2.05, 4.69) is 12.2 Å². The van der Waals surface area contributed by atoms with E-state index in [-0.39, 0.29) is 0 Å². The standard InChI is InChI=1S/C15H21NO2/c1-11(13-6-2-3-7-13)16-10-12-5-4-8-14(9-12)15(17)18/h4-5,8-9,11,13,16H,2-3,6-7,10H2,1H3,(H,17,18)/t11-/m1/s1. The van der Waals surface area contributed by atoms with E-state index in [4.69, 9.17) is 5.11 Å². The van der Waals surface area contributed by atoms with Crippen molar-refractivity contribution >= 4 is 5.97 Å². The molecule has 1 aliphatic rings. The highest BCUT2D eigenvalue weighted by Crippen LogP contribution is 2.27. The van der Waals surface area contributed by atoms with Crippen LogP contribution in [0.4, 0.5) is 0 Å². The van der Waals surface area contributed by atoms with Crippen LogP contribution in [-0.4, -0.2) is 17.1 Å². The average Bonchev–Trinajstić information content (AvgIpc) is 2.90. The molecule has 18 heavy (non-hydrogen) atoms. The summed E-state index contributed by atoms with van der Waals surface area (Å²) < 4.78 is 0. The zero-order valence-corrected chi connectivity index (χ0v) is 10.9. The Kier molecular flexibility index (Phi) is 4.37. The highest BCUT2D eigenvalue weighted by Gasteiger charge is 2.20. The molecule has 98 valence electrons. The fourth-order valence-corrected chi connectivity index (χ4v) is 2.72. The molecule has 1 aromatic rings. The van der Waals surface area contributed by atoms with Crippen molar-refractivity contribution < 1.29 is 9.90 Å². The Morgan fingerprint density at radius 3 is 2.83 bits per heavy atom. The summed E-state index contributed by atoms with van der Waals surface area (Å²) in [4.78, 5) is 10.9. The summed E-state index contributed by atoms with van der Waals surface area (Å²) in [6.07, 6.45) is 5.35. The lowest BCUT2D eigenvalue weighted by Crippen LogP contribution is -2.31. The van der Waals surface area contributed by atoms with Gasteiger partial charge in [-0.2, -0.15) is 0 Å². The fourth-order valence-electron chi connectivity index (χ4n) is 2.72. The third-order valence-electron chi connectivity index (χ3n) is 3.91. The second kappa shape index (κ2) is 6.01. The summed E-state index contributed by atoms with van der Waals surface area (Å²) >= 11 is 0. The van der Waals surface area contributed by atoms with E-state index < -0.39 is 5.97 Å². The minimum Gasteiger partial charge on any atom is -0.478 e. The SMILES string of the molecule is C[C@@H](NCc1cccc(C(=O)O)c1)C1CCCC1. The Morgan fingerprint density at radius 2 is 2.17 bits per heavy atom. The van der Waals surface area contributed by atoms with Gasteiger partial charge in [-0.3, -0.25) is 0 Å². The Morgan fingerprint density at radius 1 is 1.44 bits per heavy atom. The van der Waals surface area contributed by atoms with Crippen LogP contribution in [0.15, 0.2) is 24.3 Å². The molecule has 1 fully saturated rings. The normalized spacial score (nSPS) is 17.8. The lowest BCUT2D eigenvalue weighted by atomic mass is 9.99. The minimum absolute atomic E-state index is 0.364. The Labute approximate surface area is 108 Å². The molecule has 0 saturated heterocycles. The predicted molar refractivity (Wildman–Crippen MR) is 71.7 cm³/mol. The van der Waals surface area contributed by atoms with Crippen LogP contribution in [0, 0.1) is 5.92 Å². The molecule has 0 aliphatic heterocycles. The molecule has 0 amide bonds. The number of carboxylic acids is 1. The van der Waals surface area contributed by atoms with Gasteiger partial charge in [0.15, 0.2) is 0 Å². The zero-order chi connectivity index (χ0) is 13.0. The van der Waals surface area contributed by atoms with E-state index >= 15 is 0 Å². The third kappa shape index (κ3) is 3.33. The van der Waals surface area contributed by atoms with Gasteiger partial charge in [-0.1, -0.05) is 25.0 Å². The van der Waals surface area contributed by atoms with Crippen molar-refractivity contribution in [3.8, 4) is 0 Å². The smallest absolute Gasteiger partial charge is 0.335 e. The molecule has 0 aromatic heterocycles. The maximum absolute atomic E-state index is 10.9. The maximum atomic E-state index is 10.9. The number of rotatable bonds is 5. The van der Waals surface area contributed by atoms with Crippen molar-refractivity contribution in [1.82, 2.24) is 5.32 Å². The second-order valence-corrected chi connectivity index (χ2v) is 5.22. The molecule has 1 atom stereocenters. The van der Waals surface area contributed by atoms with Crippen molar-refractivity contribution in [2.45, 2.75) is 45.2 Å². The first kappa shape index (κ1) is 13.1. The van der Waals surface area contributed by atoms with Gasteiger partial charge in [0.25, 0.3) is 0 Å². The number of carbonyl (C=O) groups is 1. The summed E-state index contributed by atoms with van der Waals surface area (Å²) in [5, 5.41) is 12.5. The van der Waals surface area contributed by atoms with Gasteiger partial charge in [0.05, 0.1) is 5.56 Å². The molecule has 0 heterocycles. The van der Waals surface area contributed by atoms with Gasteiger partial charge < -0.3 is 10.4 Å². The Hall–Kier alpha value is -1.35. The van der Waals surface area contributed by atoms with Crippen molar-refractivity contribution in [1.29, 1.82) is 0 Å². The quantitative estimate of drug-likeness (QED) is 0.840. The van der Waals surface area contributed by atoms with E-state index in [9.17, 15) is 4.79 Å². The summed E-state index contributed by atoms with van der Waals surface area (Å²) in [5.74, 6) is -0.0756. The van der Waals surface area contributed by atoms with E-state index in [0.29, 0.717) is 11.6 Å². The minimum atomic E-state index is -0.860. The second-order valence-electron chi connectivity index (χ2n) is 5.22. The number of hydrogen-bond donors (Lipinski definition) is 2. The molecule has 1 aliphatic carbocycles. The van der Waals surface area contributed by atoms with Gasteiger partial charge in [0.1, 0.15) is 0 Å². The van der Waals surface area contributed by atoms with Crippen LogP contribution in [0.1, 0.15) is 48.5 Å². The van der Waals surface area contributed by atoms with Crippen LogP contribution in [0.3, 0.4) is 0 Å². The van der Waals surface area contributed by atoms with Gasteiger partial charge >= 0.3 is 5.97 Å². The van der Waals surface area contributed by atoms with Crippen molar-refractivity contribution in [3.63, 3.8) is 0 Å². The van der Waals surface area contributed by atoms with Gasteiger partial charge in [0.2, 0.25) is 0 Å². The van der Waals surface area contributed by atoms with Crippen molar-refractivity contribution in [2.75, 3.05) is 0 Å². The molecule has 0 bridgehead atoms. The topological polar surface area (TPSA) is 49.3 Å². The number of hydrogen-bond acceptors (Lipinski definition) is 2. The summed E-state index contributed by atoms with van der Waals surface area (Å²) in [6.45, 7) is 2.98. The molecule has 0 spiro atoms. The molecular formula is C15H21NO2. The first-order valence-corrected chi connectivity index (χ1v) is 6.72. The van der Waals surface area contributed by atoms with Crippen LogP contribution in [0.5, 0.6) is 0 Å². The van der Waals surface area contributed by atoms with Crippen LogP contribution >= 0.6 is 0 Å². The van der Waals surface area contributed by atoms with Crippen LogP contribution in [0.2, 0.25) is 0 Å². The molecule has 2 rings (SSSR count). The maximum Gasteiger partial charge on any atom is 0.335 e. The summed E-state index contributed by atoms with van der Waals surface area (Å²) in [5.41, 5.74) is 1.41. The molecule has 1 saturated carbocycles. The summed E-state index contributed by atoms with van der Waals surface area (Å²) in [6, 6.07) is 7.67. The summed E-state index contributed by atoms with van der Waals surface area (Å²) in [7, 11) is 0. The monoisotopic (exact) mass is 247 g/mol.